The molecule has 8 nitrogen and oxygen atoms in total. The third-order valence-corrected chi connectivity index (χ3v) is 7.18. The van der Waals surface area contributed by atoms with Gasteiger partial charge in [-0.15, -0.1) is 0 Å². The van der Waals surface area contributed by atoms with E-state index in [1.807, 2.05) is 36.4 Å². The molecule has 0 spiro atoms. The van der Waals surface area contributed by atoms with E-state index in [4.69, 9.17) is 9.47 Å². The molecule has 2 aromatic carbocycles. The molecular formula is C25H26N2O6. The third kappa shape index (κ3) is 3.45. The van der Waals surface area contributed by atoms with Gasteiger partial charge < -0.3 is 24.8 Å². The summed E-state index contributed by atoms with van der Waals surface area (Å²) in [6.45, 7) is 0.402. The average Bonchev–Trinajstić information content (AvgIpc) is 3.41. The maximum Gasteiger partial charge on any atom is 0.408 e. The quantitative estimate of drug-likeness (QED) is 0.701. The van der Waals surface area contributed by atoms with Gasteiger partial charge in [-0.05, 0) is 35.1 Å². The highest BCUT2D eigenvalue weighted by Gasteiger charge is 2.59. The molecule has 2 aromatic rings. The van der Waals surface area contributed by atoms with E-state index < -0.39 is 29.0 Å². The molecule has 172 valence electrons. The highest BCUT2D eigenvalue weighted by molar-refractivity contribution is 5.96. The Hall–Kier alpha value is -3.39. The molecular weight excluding hydrogens is 424 g/mol. The Morgan fingerprint density at radius 1 is 1.06 bits per heavy atom. The molecule has 2 amide bonds. The van der Waals surface area contributed by atoms with E-state index >= 15 is 0 Å². The fourth-order valence-electron chi connectivity index (χ4n) is 5.04. The number of amides is 2. The number of rotatable bonds is 6. The minimum absolute atomic E-state index is 0.0178. The van der Waals surface area contributed by atoms with Crippen molar-refractivity contribution in [2.24, 2.45) is 0 Å². The van der Waals surface area contributed by atoms with Gasteiger partial charge >= 0.3 is 12.1 Å². The minimum atomic E-state index is -1.33. The maximum atomic E-state index is 13.3. The zero-order valence-electron chi connectivity index (χ0n) is 18.4. The summed E-state index contributed by atoms with van der Waals surface area (Å²) in [5.74, 6) is -1.60. The summed E-state index contributed by atoms with van der Waals surface area (Å²) in [4.78, 5) is 39.1. The van der Waals surface area contributed by atoms with Crippen molar-refractivity contribution in [3.8, 4) is 11.1 Å². The van der Waals surface area contributed by atoms with Crippen molar-refractivity contribution in [3.63, 3.8) is 0 Å². The normalized spacial score (nSPS) is 22.2. The number of carboxylic acids is 1. The molecule has 2 fully saturated rings. The standard InChI is InChI=1S/C25H26N2O6/c1-27(25(10-11-25)22(29)30)21(28)24(12-13-32-15-24)26-23(31)33-14-20-18-8-4-2-6-16(18)17-7-3-5-9-19(17)20/h2-9,20H,10-15H2,1H3,(H,26,31)(H,29,30). The topological polar surface area (TPSA) is 105 Å². The highest BCUT2D eigenvalue weighted by Crippen LogP contribution is 2.45. The number of hydrogen-bond donors (Lipinski definition) is 2. The first kappa shape index (κ1) is 21.5. The van der Waals surface area contributed by atoms with Gasteiger partial charge in [0.1, 0.15) is 17.7 Å². The Morgan fingerprint density at radius 2 is 1.67 bits per heavy atom. The number of likely N-dealkylation sites (N-methyl/N-ethyl adjacent to an activating group) is 1. The van der Waals surface area contributed by atoms with Gasteiger partial charge in [0.25, 0.3) is 5.91 Å². The molecule has 1 heterocycles. The van der Waals surface area contributed by atoms with Gasteiger partial charge in [-0.25, -0.2) is 9.59 Å². The number of aliphatic carboxylic acids is 1. The second-order valence-corrected chi connectivity index (χ2v) is 9.04. The monoisotopic (exact) mass is 450 g/mol. The van der Waals surface area contributed by atoms with Crippen LogP contribution in [0.25, 0.3) is 11.1 Å². The van der Waals surface area contributed by atoms with E-state index in [-0.39, 0.29) is 25.6 Å². The lowest BCUT2D eigenvalue weighted by Gasteiger charge is -2.34. The number of fused-ring (bicyclic) bond motifs is 3. The van der Waals surface area contributed by atoms with Crippen LogP contribution in [0.15, 0.2) is 48.5 Å². The van der Waals surface area contributed by atoms with Gasteiger partial charge in [0.05, 0.1) is 6.61 Å². The summed E-state index contributed by atoms with van der Waals surface area (Å²) < 4.78 is 11.0. The molecule has 1 saturated heterocycles. The van der Waals surface area contributed by atoms with E-state index in [2.05, 4.69) is 17.4 Å². The van der Waals surface area contributed by atoms with Gasteiger partial charge in [-0.3, -0.25) is 4.79 Å². The molecule has 5 rings (SSSR count). The predicted octanol–water partition coefficient (Wildman–Crippen LogP) is 2.76. The van der Waals surface area contributed by atoms with Crippen LogP contribution in [0.2, 0.25) is 0 Å². The van der Waals surface area contributed by atoms with Gasteiger partial charge in [0.15, 0.2) is 0 Å². The summed E-state index contributed by atoms with van der Waals surface area (Å²) in [5.41, 5.74) is 1.92. The number of carbonyl (C=O) groups is 3. The van der Waals surface area contributed by atoms with E-state index in [1.54, 1.807) is 0 Å². The fraction of sp³-hybridized carbons (Fsp3) is 0.400. The first-order valence-corrected chi connectivity index (χ1v) is 11.1. The molecule has 3 aliphatic rings. The second-order valence-electron chi connectivity index (χ2n) is 9.04. The minimum Gasteiger partial charge on any atom is -0.479 e. The van der Waals surface area contributed by atoms with Gasteiger partial charge in [0.2, 0.25) is 0 Å². The van der Waals surface area contributed by atoms with Crippen molar-refractivity contribution >= 4 is 18.0 Å². The van der Waals surface area contributed by atoms with Crippen LogP contribution in [0, 0.1) is 0 Å². The van der Waals surface area contributed by atoms with Crippen LogP contribution in [0.1, 0.15) is 36.3 Å². The van der Waals surface area contributed by atoms with Crippen molar-refractivity contribution in [2.45, 2.75) is 36.3 Å². The Labute approximate surface area is 191 Å². The third-order valence-electron chi connectivity index (χ3n) is 7.18. The fourth-order valence-corrected chi connectivity index (χ4v) is 5.04. The molecule has 1 saturated carbocycles. The summed E-state index contributed by atoms with van der Waals surface area (Å²) in [6, 6.07) is 16.1. The number of ether oxygens (including phenoxy) is 2. The van der Waals surface area contributed by atoms with Crippen molar-refractivity contribution in [3.05, 3.63) is 59.7 Å². The Bertz CT molecular complexity index is 1070. The molecule has 1 unspecified atom stereocenters. The van der Waals surface area contributed by atoms with E-state index in [9.17, 15) is 19.5 Å². The van der Waals surface area contributed by atoms with Crippen LogP contribution in [0.4, 0.5) is 4.79 Å². The summed E-state index contributed by atoms with van der Waals surface area (Å²) in [5, 5.41) is 12.3. The summed E-state index contributed by atoms with van der Waals surface area (Å²) in [7, 11) is 1.48. The number of benzene rings is 2. The van der Waals surface area contributed by atoms with Gasteiger partial charge in [-0.2, -0.15) is 0 Å². The Morgan fingerprint density at radius 3 is 2.18 bits per heavy atom. The lowest BCUT2D eigenvalue weighted by atomic mass is 9.95. The van der Waals surface area contributed by atoms with Gasteiger partial charge in [-0.1, -0.05) is 48.5 Å². The van der Waals surface area contributed by atoms with Crippen molar-refractivity contribution in [1.29, 1.82) is 0 Å². The molecule has 2 aliphatic carbocycles. The van der Waals surface area contributed by atoms with Crippen LogP contribution in [-0.4, -0.2) is 65.9 Å². The summed E-state index contributed by atoms with van der Waals surface area (Å²) >= 11 is 0. The number of carboxylic acid groups (broad SMARTS) is 1. The molecule has 2 N–H and O–H groups in total. The SMILES string of the molecule is CN(C(=O)C1(NC(=O)OCC2c3ccccc3-c3ccccc32)CCOC1)C1(C(=O)O)CC1. The smallest absolute Gasteiger partial charge is 0.408 e. The number of nitrogens with one attached hydrogen (secondary N) is 1. The molecule has 8 heteroatoms. The molecule has 1 atom stereocenters. The van der Waals surface area contributed by atoms with E-state index in [1.165, 1.54) is 11.9 Å². The molecule has 1 aliphatic heterocycles. The predicted molar refractivity (Wildman–Crippen MR) is 119 cm³/mol. The first-order valence-electron chi connectivity index (χ1n) is 11.1. The van der Waals surface area contributed by atoms with Crippen LogP contribution in [0.5, 0.6) is 0 Å². The first-order chi connectivity index (χ1) is 15.9. The van der Waals surface area contributed by atoms with Crippen LogP contribution in [-0.2, 0) is 19.1 Å². The van der Waals surface area contributed by atoms with Crippen LogP contribution in [0.3, 0.4) is 0 Å². The molecule has 0 bridgehead atoms. The lowest BCUT2D eigenvalue weighted by molar-refractivity contribution is -0.153. The van der Waals surface area contributed by atoms with Crippen molar-refractivity contribution < 1.29 is 29.0 Å². The van der Waals surface area contributed by atoms with Crippen LogP contribution < -0.4 is 5.32 Å². The van der Waals surface area contributed by atoms with Crippen molar-refractivity contribution in [2.75, 3.05) is 26.9 Å². The van der Waals surface area contributed by atoms with Gasteiger partial charge in [0, 0.05) is 26.0 Å². The van der Waals surface area contributed by atoms with Crippen LogP contribution >= 0.6 is 0 Å². The Balaban J connectivity index is 1.30. The number of carbonyl (C=O) groups excluding carboxylic acids is 2. The lowest BCUT2D eigenvalue weighted by Crippen LogP contribution is -2.62. The number of hydrogen-bond acceptors (Lipinski definition) is 5. The number of alkyl carbamates (subject to hydrolysis) is 1. The second kappa shape index (κ2) is 7.88. The zero-order valence-corrected chi connectivity index (χ0v) is 18.4. The van der Waals surface area contributed by atoms with E-state index in [0.717, 1.165) is 22.3 Å². The molecule has 0 aromatic heterocycles. The van der Waals surface area contributed by atoms with Crippen molar-refractivity contribution in [1.82, 2.24) is 10.2 Å². The molecule has 33 heavy (non-hydrogen) atoms. The Kier molecular flexibility index (Phi) is 5.12. The maximum absolute atomic E-state index is 13.3. The average molecular weight is 450 g/mol. The largest absolute Gasteiger partial charge is 0.479 e. The number of nitrogens with zero attached hydrogens (tertiary/aromatic N) is 1. The molecule has 0 radical (unpaired) electrons. The van der Waals surface area contributed by atoms with E-state index in [0.29, 0.717) is 19.4 Å². The summed E-state index contributed by atoms with van der Waals surface area (Å²) in [6.07, 6.45) is 0.332. The highest BCUT2D eigenvalue weighted by atomic mass is 16.6. The zero-order chi connectivity index (χ0) is 23.2.